The number of rotatable bonds is 1. The minimum absolute atomic E-state index is 0.0589. The molecule has 1 aliphatic heterocycles. The van der Waals surface area contributed by atoms with E-state index in [0.717, 1.165) is 6.42 Å². The molecule has 2 rings (SSSR count). The van der Waals surface area contributed by atoms with Crippen LogP contribution in [0.3, 0.4) is 0 Å². The van der Waals surface area contributed by atoms with E-state index in [1.165, 1.54) is 0 Å². The number of nitrogens with two attached hydrogens (primary N) is 1. The van der Waals surface area contributed by atoms with E-state index in [1.807, 2.05) is 6.92 Å². The van der Waals surface area contributed by atoms with E-state index in [1.54, 1.807) is 23.4 Å². The zero-order valence-electron chi connectivity index (χ0n) is 12.3. The van der Waals surface area contributed by atoms with Gasteiger partial charge in [0, 0.05) is 25.5 Å². The third-order valence-corrected chi connectivity index (χ3v) is 3.73. The van der Waals surface area contributed by atoms with Crippen molar-refractivity contribution in [3.05, 3.63) is 29.6 Å². The molecular formula is C16H21N3O2. The van der Waals surface area contributed by atoms with E-state index in [0.29, 0.717) is 37.1 Å². The van der Waals surface area contributed by atoms with Gasteiger partial charge in [0.15, 0.2) is 0 Å². The summed E-state index contributed by atoms with van der Waals surface area (Å²) in [6.07, 6.45) is 5.28. The largest absolute Gasteiger partial charge is 0.390 e. The molecular weight excluding hydrogens is 266 g/mol. The summed E-state index contributed by atoms with van der Waals surface area (Å²) >= 11 is 0. The van der Waals surface area contributed by atoms with Crippen LogP contribution in [0, 0.1) is 11.8 Å². The maximum Gasteiger partial charge on any atom is 0.255 e. The Hall–Kier alpha value is -1.90. The van der Waals surface area contributed by atoms with Crippen LogP contribution in [-0.4, -0.2) is 46.1 Å². The maximum absolute atomic E-state index is 12.7. The lowest BCUT2D eigenvalue weighted by molar-refractivity contribution is 0.0438. The molecule has 21 heavy (non-hydrogen) atoms. The van der Waals surface area contributed by atoms with Gasteiger partial charge in [0.05, 0.1) is 23.3 Å². The van der Waals surface area contributed by atoms with Crippen LogP contribution in [0.4, 0.5) is 0 Å². The molecule has 2 heterocycles. The van der Waals surface area contributed by atoms with Crippen LogP contribution in [-0.2, 0) is 0 Å². The molecule has 1 atom stereocenters. The fraction of sp³-hybridized carbons (Fsp3) is 0.500. The normalized spacial score (nSPS) is 22.1. The van der Waals surface area contributed by atoms with Gasteiger partial charge in [-0.25, -0.2) is 0 Å². The van der Waals surface area contributed by atoms with Crippen molar-refractivity contribution in [2.24, 2.45) is 5.73 Å². The standard InChI is InChI=1S/C16H21N3O2/c1-16(21)6-3-10-19(11-7-16)15(20)14-5-9-18-12-13(14)4-2-8-17/h5,9,12,21H,3,6-8,10-11,17H2,1H3. The lowest BCUT2D eigenvalue weighted by atomic mass is 9.98. The van der Waals surface area contributed by atoms with Crippen LogP contribution < -0.4 is 5.73 Å². The highest BCUT2D eigenvalue weighted by Crippen LogP contribution is 2.22. The van der Waals surface area contributed by atoms with Gasteiger partial charge in [0.2, 0.25) is 0 Å². The molecule has 1 fully saturated rings. The average Bonchev–Trinajstić information content (AvgIpc) is 2.65. The summed E-state index contributed by atoms with van der Waals surface area (Å²) in [6, 6.07) is 1.69. The number of amides is 1. The first-order chi connectivity index (χ1) is 10.0. The zero-order valence-corrected chi connectivity index (χ0v) is 12.3. The second kappa shape index (κ2) is 6.70. The van der Waals surface area contributed by atoms with Crippen molar-refractivity contribution in [3.63, 3.8) is 0 Å². The Morgan fingerprint density at radius 1 is 1.52 bits per heavy atom. The Balaban J connectivity index is 2.20. The smallest absolute Gasteiger partial charge is 0.255 e. The highest BCUT2D eigenvalue weighted by atomic mass is 16.3. The molecule has 1 saturated heterocycles. The van der Waals surface area contributed by atoms with Crippen LogP contribution in [0.2, 0.25) is 0 Å². The molecule has 0 bridgehead atoms. The maximum atomic E-state index is 12.7. The van der Waals surface area contributed by atoms with Crippen LogP contribution in [0.1, 0.15) is 42.1 Å². The number of likely N-dealkylation sites (tertiary alicyclic amines) is 1. The summed E-state index contributed by atoms with van der Waals surface area (Å²) in [7, 11) is 0. The van der Waals surface area contributed by atoms with Gasteiger partial charge < -0.3 is 15.7 Å². The summed E-state index contributed by atoms with van der Waals surface area (Å²) in [6.45, 7) is 3.28. The Kier molecular flexibility index (Phi) is 4.94. The summed E-state index contributed by atoms with van der Waals surface area (Å²) < 4.78 is 0. The van der Waals surface area contributed by atoms with Gasteiger partial charge >= 0.3 is 0 Å². The SMILES string of the molecule is CC1(O)CCCN(C(=O)c2ccncc2C#CCN)CC1. The van der Waals surface area contributed by atoms with Gasteiger partial charge in [0.25, 0.3) is 5.91 Å². The Morgan fingerprint density at radius 3 is 3.10 bits per heavy atom. The number of carbonyl (C=O) groups is 1. The molecule has 1 unspecified atom stereocenters. The molecule has 1 amide bonds. The fourth-order valence-electron chi connectivity index (χ4n) is 2.46. The Morgan fingerprint density at radius 2 is 2.33 bits per heavy atom. The van der Waals surface area contributed by atoms with Crippen LogP contribution in [0.15, 0.2) is 18.5 Å². The third kappa shape index (κ3) is 4.03. The molecule has 3 N–H and O–H groups in total. The van der Waals surface area contributed by atoms with E-state index < -0.39 is 5.60 Å². The van der Waals surface area contributed by atoms with Crippen molar-refractivity contribution in [1.29, 1.82) is 0 Å². The van der Waals surface area contributed by atoms with Crippen molar-refractivity contribution in [2.75, 3.05) is 19.6 Å². The van der Waals surface area contributed by atoms with E-state index in [-0.39, 0.29) is 12.5 Å². The molecule has 0 saturated carbocycles. The summed E-state index contributed by atoms with van der Waals surface area (Å²) in [5.74, 6) is 5.59. The van der Waals surface area contributed by atoms with Gasteiger partial charge in [-0.05, 0) is 32.3 Å². The second-order valence-corrected chi connectivity index (χ2v) is 5.57. The van der Waals surface area contributed by atoms with Gasteiger partial charge in [-0.15, -0.1) is 0 Å². The first-order valence-electron chi connectivity index (χ1n) is 7.18. The molecule has 1 aliphatic rings. The van der Waals surface area contributed by atoms with E-state index in [9.17, 15) is 9.90 Å². The van der Waals surface area contributed by atoms with Crippen LogP contribution in [0.25, 0.3) is 0 Å². The number of nitrogens with zero attached hydrogens (tertiary/aromatic N) is 2. The first kappa shape index (κ1) is 15.5. The molecule has 1 aromatic rings. The molecule has 0 aliphatic carbocycles. The summed E-state index contributed by atoms with van der Waals surface area (Å²) in [4.78, 5) is 18.5. The lowest BCUT2D eigenvalue weighted by Gasteiger charge is -2.23. The number of aromatic nitrogens is 1. The molecule has 1 aromatic heterocycles. The quantitative estimate of drug-likeness (QED) is 0.748. The monoisotopic (exact) mass is 287 g/mol. The average molecular weight is 287 g/mol. The minimum atomic E-state index is -0.685. The van der Waals surface area contributed by atoms with Crippen molar-refractivity contribution in [2.45, 2.75) is 31.8 Å². The Bertz CT molecular complexity index is 572. The molecule has 0 aromatic carbocycles. The molecule has 5 heteroatoms. The predicted molar refractivity (Wildman–Crippen MR) is 80.5 cm³/mol. The number of hydrogen-bond acceptors (Lipinski definition) is 4. The lowest BCUT2D eigenvalue weighted by Crippen LogP contribution is -2.34. The highest BCUT2D eigenvalue weighted by molar-refractivity contribution is 5.96. The third-order valence-electron chi connectivity index (χ3n) is 3.73. The molecule has 5 nitrogen and oxygen atoms in total. The van der Waals surface area contributed by atoms with Crippen molar-refractivity contribution in [1.82, 2.24) is 9.88 Å². The minimum Gasteiger partial charge on any atom is -0.390 e. The van der Waals surface area contributed by atoms with Crippen molar-refractivity contribution >= 4 is 5.91 Å². The summed E-state index contributed by atoms with van der Waals surface area (Å²) in [5, 5.41) is 10.1. The topological polar surface area (TPSA) is 79.5 Å². The number of hydrogen-bond donors (Lipinski definition) is 2. The van der Waals surface area contributed by atoms with Gasteiger partial charge in [-0.3, -0.25) is 9.78 Å². The predicted octanol–water partition coefficient (Wildman–Crippen LogP) is 0.769. The molecule has 0 radical (unpaired) electrons. The number of pyridine rings is 1. The van der Waals surface area contributed by atoms with Crippen molar-refractivity contribution < 1.29 is 9.90 Å². The van der Waals surface area contributed by atoms with Crippen LogP contribution >= 0.6 is 0 Å². The fourth-order valence-corrected chi connectivity index (χ4v) is 2.46. The van der Waals surface area contributed by atoms with E-state index >= 15 is 0 Å². The summed E-state index contributed by atoms with van der Waals surface area (Å²) in [5.41, 5.74) is 5.84. The van der Waals surface area contributed by atoms with E-state index in [2.05, 4.69) is 16.8 Å². The molecule has 0 spiro atoms. The van der Waals surface area contributed by atoms with E-state index in [4.69, 9.17) is 5.73 Å². The highest BCUT2D eigenvalue weighted by Gasteiger charge is 2.28. The second-order valence-electron chi connectivity index (χ2n) is 5.57. The number of carbonyl (C=O) groups excluding carboxylic acids is 1. The zero-order chi connectivity index (χ0) is 15.3. The van der Waals surface area contributed by atoms with Gasteiger partial charge in [0.1, 0.15) is 0 Å². The number of aliphatic hydroxyl groups is 1. The Labute approximate surface area is 125 Å². The first-order valence-corrected chi connectivity index (χ1v) is 7.18. The van der Waals surface area contributed by atoms with Gasteiger partial charge in [-0.2, -0.15) is 0 Å². The molecule has 112 valence electrons. The van der Waals surface area contributed by atoms with Crippen LogP contribution in [0.5, 0.6) is 0 Å². The van der Waals surface area contributed by atoms with Crippen molar-refractivity contribution in [3.8, 4) is 11.8 Å². The van der Waals surface area contributed by atoms with Gasteiger partial charge in [-0.1, -0.05) is 11.8 Å².